The minimum atomic E-state index is -1.04. The molecule has 3 aromatic carbocycles. The Labute approximate surface area is 190 Å². The number of para-hydroxylation sites is 1. The number of aromatic carboxylic acids is 1. The summed E-state index contributed by atoms with van der Waals surface area (Å²) >= 11 is 0. The molecule has 0 bridgehead atoms. The van der Waals surface area contributed by atoms with Crippen LogP contribution in [-0.4, -0.2) is 41.0 Å². The van der Waals surface area contributed by atoms with Crippen molar-refractivity contribution in [1.82, 2.24) is 9.97 Å². The van der Waals surface area contributed by atoms with Crippen molar-refractivity contribution in [3.05, 3.63) is 89.7 Å². The number of hydrogen-bond donors (Lipinski definition) is 3. The molecule has 0 atom stereocenters. The van der Waals surface area contributed by atoms with Gasteiger partial charge in [0, 0.05) is 43.0 Å². The Morgan fingerprint density at radius 2 is 1.73 bits per heavy atom. The van der Waals surface area contributed by atoms with Gasteiger partial charge < -0.3 is 20.6 Å². The Morgan fingerprint density at radius 1 is 0.970 bits per heavy atom. The summed E-state index contributed by atoms with van der Waals surface area (Å²) in [5, 5.41) is 16.2. The molecule has 1 amide bonds. The van der Waals surface area contributed by atoms with E-state index in [0.29, 0.717) is 34.5 Å². The number of aromatic nitrogens is 2. The SMILES string of the molecule is CN(C)c1ccc(C(=O)Nc2cccc(CNc3ncnc4c(C(=O)O)cccc34)c2)cc1. The lowest BCUT2D eigenvalue weighted by molar-refractivity contribution is 0.0698. The molecule has 0 fully saturated rings. The molecule has 0 saturated carbocycles. The largest absolute Gasteiger partial charge is 0.478 e. The zero-order valence-electron chi connectivity index (χ0n) is 18.2. The van der Waals surface area contributed by atoms with Crippen molar-refractivity contribution in [1.29, 1.82) is 0 Å². The number of anilines is 3. The van der Waals surface area contributed by atoms with Gasteiger partial charge in [-0.15, -0.1) is 0 Å². The number of benzene rings is 3. The summed E-state index contributed by atoms with van der Waals surface area (Å²) in [6, 6.07) is 19.9. The Bertz CT molecular complexity index is 1320. The summed E-state index contributed by atoms with van der Waals surface area (Å²) in [6.45, 7) is 0.435. The highest BCUT2D eigenvalue weighted by atomic mass is 16.4. The van der Waals surface area contributed by atoms with Gasteiger partial charge >= 0.3 is 5.97 Å². The molecule has 4 rings (SSSR count). The quantitative estimate of drug-likeness (QED) is 0.393. The van der Waals surface area contributed by atoms with Gasteiger partial charge in [-0.1, -0.05) is 18.2 Å². The van der Waals surface area contributed by atoms with Gasteiger partial charge in [-0.3, -0.25) is 4.79 Å². The maximum atomic E-state index is 12.6. The van der Waals surface area contributed by atoms with Crippen molar-refractivity contribution in [3.8, 4) is 0 Å². The van der Waals surface area contributed by atoms with Crippen LogP contribution < -0.4 is 15.5 Å². The monoisotopic (exact) mass is 441 g/mol. The number of nitrogens with zero attached hydrogens (tertiary/aromatic N) is 3. The van der Waals surface area contributed by atoms with E-state index in [1.165, 1.54) is 12.4 Å². The molecule has 0 aliphatic rings. The minimum Gasteiger partial charge on any atom is -0.478 e. The van der Waals surface area contributed by atoms with E-state index in [0.717, 1.165) is 11.3 Å². The van der Waals surface area contributed by atoms with Gasteiger partial charge in [0.05, 0.1) is 11.1 Å². The Morgan fingerprint density at radius 3 is 2.45 bits per heavy atom. The van der Waals surface area contributed by atoms with Gasteiger partial charge in [0.15, 0.2) is 0 Å². The van der Waals surface area contributed by atoms with Crippen molar-refractivity contribution in [3.63, 3.8) is 0 Å². The van der Waals surface area contributed by atoms with E-state index in [2.05, 4.69) is 20.6 Å². The normalized spacial score (nSPS) is 10.6. The molecule has 0 unspecified atom stereocenters. The van der Waals surface area contributed by atoms with Crippen LogP contribution in [0.15, 0.2) is 73.1 Å². The van der Waals surface area contributed by atoms with Crippen LogP contribution >= 0.6 is 0 Å². The van der Waals surface area contributed by atoms with Crippen LogP contribution in [0.1, 0.15) is 26.3 Å². The number of carboxylic acid groups (broad SMARTS) is 1. The van der Waals surface area contributed by atoms with E-state index in [-0.39, 0.29) is 11.5 Å². The summed E-state index contributed by atoms with van der Waals surface area (Å²) in [4.78, 5) is 34.4. The lowest BCUT2D eigenvalue weighted by Crippen LogP contribution is -2.13. The molecule has 8 heteroatoms. The van der Waals surface area contributed by atoms with Gasteiger partial charge in [-0.05, 0) is 54.1 Å². The summed E-state index contributed by atoms with van der Waals surface area (Å²) in [5.41, 5.74) is 3.71. The van der Waals surface area contributed by atoms with Gasteiger partial charge in [0.25, 0.3) is 5.91 Å². The number of nitrogens with one attached hydrogen (secondary N) is 2. The van der Waals surface area contributed by atoms with Crippen LogP contribution in [0.4, 0.5) is 17.2 Å². The van der Waals surface area contributed by atoms with E-state index >= 15 is 0 Å². The first kappa shape index (κ1) is 21.8. The van der Waals surface area contributed by atoms with Crippen LogP contribution in [0.25, 0.3) is 10.9 Å². The molecule has 0 radical (unpaired) electrons. The number of hydrogen-bond acceptors (Lipinski definition) is 6. The van der Waals surface area contributed by atoms with Crippen LogP contribution in [0.2, 0.25) is 0 Å². The van der Waals surface area contributed by atoms with Gasteiger partial charge in [-0.25, -0.2) is 14.8 Å². The van der Waals surface area contributed by atoms with Crippen LogP contribution in [0.5, 0.6) is 0 Å². The van der Waals surface area contributed by atoms with Crippen molar-refractivity contribution >= 4 is 40.0 Å². The molecule has 1 aromatic heterocycles. The highest BCUT2D eigenvalue weighted by Crippen LogP contribution is 2.23. The van der Waals surface area contributed by atoms with Gasteiger partial charge in [-0.2, -0.15) is 0 Å². The van der Waals surface area contributed by atoms with E-state index < -0.39 is 5.97 Å². The molecule has 8 nitrogen and oxygen atoms in total. The van der Waals surface area contributed by atoms with E-state index in [4.69, 9.17) is 0 Å². The highest BCUT2D eigenvalue weighted by Gasteiger charge is 2.12. The first-order valence-corrected chi connectivity index (χ1v) is 10.3. The number of amides is 1. The fourth-order valence-electron chi connectivity index (χ4n) is 3.46. The molecule has 1 heterocycles. The van der Waals surface area contributed by atoms with Gasteiger partial charge in [0.1, 0.15) is 12.1 Å². The molecule has 166 valence electrons. The van der Waals surface area contributed by atoms with Crippen LogP contribution in [-0.2, 0) is 6.54 Å². The zero-order valence-corrected chi connectivity index (χ0v) is 18.2. The first-order chi connectivity index (χ1) is 15.9. The van der Waals surface area contributed by atoms with Crippen molar-refractivity contribution in [2.45, 2.75) is 6.54 Å². The van der Waals surface area contributed by atoms with Crippen molar-refractivity contribution in [2.24, 2.45) is 0 Å². The number of rotatable bonds is 7. The fourth-order valence-corrected chi connectivity index (χ4v) is 3.46. The number of fused-ring (bicyclic) bond motifs is 1. The fraction of sp³-hybridized carbons (Fsp3) is 0.120. The molecule has 0 aliphatic heterocycles. The molecule has 4 aromatic rings. The smallest absolute Gasteiger partial charge is 0.337 e. The van der Waals surface area contributed by atoms with Gasteiger partial charge in [0.2, 0.25) is 0 Å². The number of carbonyl (C=O) groups excluding carboxylic acids is 1. The van der Waals surface area contributed by atoms with Crippen LogP contribution in [0.3, 0.4) is 0 Å². The Hall–Kier alpha value is -4.46. The predicted molar refractivity (Wildman–Crippen MR) is 129 cm³/mol. The maximum absolute atomic E-state index is 12.6. The molecule has 3 N–H and O–H groups in total. The average molecular weight is 441 g/mol. The van der Waals surface area contributed by atoms with Crippen molar-refractivity contribution in [2.75, 3.05) is 29.6 Å². The van der Waals surface area contributed by atoms with E-state index in [9.17, 15) is 14.7 Å². The zero-order chi connectivity index (χ0) is 23.4. The van der Waals surface area contributed by atoms with E-state index in [1.54, 1.807) is 24.3 Å². The summed E-state index contributed by atoms with van der Waals surface area (Å²) in [5.74, 6) is -0.683. The van der Waals surface area contributed by atoms with E-state index in [1.807, 2.05) is 55.4 Å². The highest BCUT2D eigenvalue weighted by molar-refractivity contribution is 6.05. The Balaban J connectivity index is 1.47. The second kappa shape index (κ2) is 9.35. The second-order valence-electron chi connectivity index (χ2n) is 7.68. The van der Waals surface area contributed by atoms with Crippen LogP contribution in [0, 0.1) is 0 Å². The number of carboxylic acids is 1. The second-order valence-corrected chi connectivity index (χ2v) is 7.68. The molecule has 0 aliphatic carbocycles. The third-order valence-corrected chi connectivity index (χ3v) is 5.19. The standard InChI is InChI=1S/C25H23N5O3/c1-30(2)19-11-9-17(10-12-19)24(31)29-18-6-3-5-16(13-18)14-26-23-20-7-4-8-21(25(32)33)22(20)27-15-28-23/h3-13,15H,14H2,1-2H3,(H,29,31)(H,32,33)(H,26,27,28). The summed E-state index contributed by atoms with van der Waals surface area (Å²) in [7, 11) is 3.90. The number of carbonyl (C=O) groups is 2. The topological polar surface area (TPSA) is 107 Å². The third-order valence-electron chi connectivity index (χ3n) is 5.19. The Kier molecular flexibility index (Phi) is 6.17. The minimum absolute atomic E-state index is 0.126. The summed E-state index contributed by atoms with van der Waals surface area (Å²) in [6.07, 6.45) is 1.34. The lowest BCUT2D eigenvalue weighted by atomic mass is 10.1. The summed E-state index contributed by atoms with van der Waals surface area (Å²) < 4.78 is 0. The molecule has 0 spiro atoms. The molecule has 0 saturated heterocycles. The molecule has 33 heavy (non-hydrogen) atoms. The molecular formula is C25H23N5O3. The van der Waals surface area contributed by atoms with Crippen molar-refractivity contribution < 1.29 is 14.7 Å². The predicted octanol–water partition coefficient (Wildman–Crippen LogP) is 4.26. The molecular weight excluding hydrogens is 418 g/mol. The average Bonchev–Trinajstić information content (AvgIpc) is 2.82. The lowest BCUT2D eigenvalue weighted by Gasteiger charge is -2.13. The maximum Gasteiger partial charge on any atom is 0.337 e. The first-order valence-electron chi connectivity index (χ1n) is 10.3. The third kappa shape index (κ3) is 4.90.